The van der Waals surface area contributed by atoms with E-state index in [0.29, 0.717) is 6.54 Å². The quantitative estimate of drug-likeness (QED) is 0.857. The van der Waals surface area contributed by atoms with Crippen molar-refractivity contribution in [2.45, 2.75) is 12.5 Å². The van der Waals surface area contributed by atoms with Gasteiger partial charge in [0.15, 0.2) is 0 Å². The van der Waals surface area contributed by atoms with Gasteiger partial charge in [-0.15, -0.1) is 11.3 Å². The molecule has 4 nitrogen and oxygen atoms in total. The summed E-state index contributed by atoms with van der Waals surface area (Å²) in [4.78, 5) is 16.0. The Bertz CT molecular complexity index is 484. The zero-order chi connectivity index (χ0) is 12.8. The van der Waals surface area contributed by atoms with Crippen LogP contribution in [0.25, 0.3) is 0 Å². The van der Waals surface area contributed by atoms with Gasteiger partial charge in [0, 0.05) is 24.5 Å². The third-order valence-electron chi connectivity index (χ3n) is 2.56. The van der Waals surface area contributed by atoms with Crippen LogP contribution in [-0.4, -0.2) is 17.4 Å². The molecule has 0 unspecified atom stereocenters. The van der Waals surface area contributed by atoms with Crippen LogP contribution in [0.2, 0.25) is 0 Å². The van der Waals surface area contributed by atoms with Gasteiger partial charge in [-0.05, 0) is 5.56 Å². The number of aromatic nitrogens is 1. The molecule has 18 heavy (non-hydrogen) atoms. The van der Waals surface area contributed by atoms with Crippen molar-refractivity contribution < 1.29 is 4.79 Å². The predicted molar refractivity (Wildman–Crippen MR) is 72.2 cm³/mol. The molecule has 0 radical (unpaired) electrons. The van der Waals surface area contributed by atoms with Gasteiger partial charge in [-0.1, -0.05) is 30.3 Å². The van der Waals surface area contributed by atoms with E-state index in [4.69, 9.17) is 5.73 Å². The highest BCUT2D eigenvalue weighted by molar-refractivity contribution is 7.09. The zero-order valence-electron chi connectivity index (χ0n) is 9.87. The molecule has 0 spiro atoms. The lowest BCUT2D eigenvalue weighted by atomic mass is 10.1. The van der Waals surface area contributed by atoms with E-state index < -0.39 is 6.04 Å². The summed E-state index contributed by atoms with van der Waals surface area (Å²) in [7, 11) is 0. The van der Waals surface area contributed by atoms with Gasteiger partial charge in [0.05, 0.1) is 5.01 Å². The summed E-state index contributed by atoms with van der Waals surface area (Å²) in [5, 5.41) is 5.76. The number of carbonyl (C=O) groups is 1. The number of thiazole rings is 1. The minimum Gasteiger partial charge on any atom is -0.354 e. The molecule has 3 N–H and O–H groups in total. The molecule has 1 atom stereocenters. The number of rotatable bonds is 5. The van der Waals surface area contributed by atoms with Crippen LogP contribution in [0.4, 0.5) is 0 Å². The van der Waals surface area contributed by atoms with Crippen LogP contribution < -0.4 is 11.1 Å². The Balaban J connectivity index is 1.81. The van der Waals surface area contributed by atoms with Gasteiger partial charge < -0.3 is 11.1 Å². The number of amides is 1. The lowest BCUT2D eigenvalue weighted by Gasteiger charge is -2.11. The zero-order valence-corrected chi connectivity index (χ0v) is 10.7. The molecule has 0 fully saturated rings. The molecule has 94 valence electrons. The van der Waals surface area contributed by atoms with E-state index in [-0.39, 0.29) is 5.91 Å². The fourth-order valence-electron chi connectivity index (χ4n) is 1.59. The predicted octanol–water partition coefficient (Wildman–Crippen LogP) is 1.50. The number of nitrogens with two attached hydrogens (primary N) is 1. The Morgan fingerprint density at radius 3 is 2.83 bits per heavy atom. The molecule has 0 aliphatic carbocycles. The monoisotopic (exact) mass is 261 g/mol. The average molecular weight is 261 g/mol. The van der Waals surface area contributed by atoms with Crippen molar-refractivity contribution in [1.82, 2.24) is 10.3 Å². The Kier molecular flexibility index (Phi) is 4.44. The van der Waals surface area contributed by atoms with Crippen LogP contribution in [0.15, 0.2) is 41.9 Å². The van der Waals surface area contributed by atoms with Crippen molar-refractivity contribution in [3.05, 3.63) is 52.5 Å². The fourth-order valence-corrected chi connectivity index (χ4v) is 2.21. The Labute approximate surface area is 110 Å². The lowest BCUT2D eigenvalue weighted by Crippen LogP contribution is -2.35. The first-order valence-electron chi connectivity index (χ1n) is 5.74. The van der Waals surface area contributed by atoms with Crippen molar-refractivity contribution in [2.75, 3.05) is 6.54 Å². The van der Waals surface area contributed by atoms with E-state index in [1.165, 1.54) is 0 Å². The Hall–Kier alpha value is -1.72. The smallest absolute Gasteiger partial charge is 0.241 e. The van der Waals surface area contributed by atoms with E-state index in [0.717, 1.165) is 17.0 Å². The van der Waals surface area contributed by atoms with Crippen molar-refractivity contribution >= 4 is 17.2 Å². The van der Waals surface area contributed by atoms with Crippen molar-refractivity contribution in [1.29, 1.82) is 0 Å². The number of benzene rings is 1. The third kappa shape index (κ3) is 3.38. The molecule has 1 heterocycles. The number of hydrogen-bond acceptors (Lipinski definition) is 4. The molecular weight excluding hydrogens is 246 g/mol. The summed E-state index contributed by atoms with van der Waals surface area (Å²) in [5.41, 5.74) is 6.70. The summed E-state index contributed by atoms with van der Waals surface area (Å²) in [6, 6.07) is 8.74. The second-order valence-corrected chi connectivity index (χ2v) is 4.83. The molecule has 0 aliphatic heterocycles. The summed E-state index contributed by atoms with van der Waals surface area (Å²) < 4.78 is 0. The second kappa shape index (κ2) is 6.28. The maximum absolute atomic E-state index is 11.8. The highest BCUT2D eigenvalue weighted by Crippen LogP contribution is 2.09. The second-order valence-electron chi connectivity index (χ2n) is 3.86. The van der Waals surface area contributed by atoms with Gasteiger partial charge in [0.2, 0.25) is 5.91 Å². The molecule has 0 saturated carbocycles. The first kappa shape index (κ1) is 12.7. The normalized spacial score (nSPS) is 12.1. The van der Waals surface area contributed by atoms with Gasteiger partial charge in [-0.2, -0.15) is 0 Å². The van der Waals surface area contributed by atoms with E-state index in [2.05, 4.69) is 10.3 Å². The average Bonchev–Trinajstić information content (AvgIpc) is 2.92. The van der Waals surface area contributed by atoms with Crippen molar-refractivity contribution in [3.8, 4) is 0 Å². The van der Waals surface area contributed by atoms with Crippen LogP contribution >= 0.6 is 11.3 Å². The van der Waals surface area contributed by atoms with Gasteiger partial charge in [-0.3, -0.25) is 4.79 Å². The van der Waals surface area contributed by atoms with Crippen LogP contribution in [-0.2, 0) is 11.2 Å². The Morgan fingerprint density at radius 1 is 1.39 bits per heavy atom. The molecule has 5 heteroatoms. The summed E-state index contributed by atoms with van der Waals surface area (Å²) in [6.07, 6.45) is 2.50. The highest BCUT2D eigenvalue weighted by atomic mass is 32.1. The molecule has 2 aromatic rings. The molecule has 0 bridgehead atoms. The van der Waals surface area contributed by atoms with Crippen LogP contribution in [0.3, 0.4) is 0 Å². The fraction of sp³-hybridized carbons (Fsp3) is 0.231. The summed E-state index contributed by atoms with van der Waals surface area (Å²) in [6.45, 7) is 0.562. The van der Waals surface area contributed by atoms with Crippen LogP contribution in [0, 0.1) is 0 Å². The standard InChI is InChI=1S/C13H15N3OS/c14-12(10-4-2-1-3-5-10)13(17)16-7-6-11-15-8-9-18-11/h1-5,8-9,12H,6-7,14H2,(H,16,17)/t12-/m1/s1. The van der Waals surface area contributed by atoms with Gasteiger partial charge >= 0.3 is 0 Å². The van der Waals surface area contributed by atoms with Crippen LogP contribution in [0.1, 0.15) is 16.6 Å². The first-order valence-corrected chi connectivity index (χ1v) is 6.62. The lowest BCUT2D eigenvalue weighted by molar-refractivity contribution is -0.122. The SMILES string of the molecule is N[C@@H](C(=O)NCCc1nccs1)c1ccccc1. The molecule has 2 rings (SSSR count). The number of nitrogens with one attached hydrogen (secondary N) is 1. The van der Waals surface area contributed by atoms with E-state index in [9.17, 15) is 4.79 Å². The maximum atomic E-state index is 11.8. The molecule has 0 aliphatic rings. The van der Waals surface area contributed by atoms with Gasteiger partial charge in [0.1, 0.15) is 6.04 Å². The summed E-state index contributed by atoms with van der Waals surface area (Å²) in [5.74, 6) is -0.155. The highest BCUT2D eigenvalue weighted by Gasteiger charge is 2.14. The first-order chi connectivity index (χ1) is 8.77. The van der Waals surface area contributed by atoms with Gasteiger partial charge in [0.25, 0.3) is 0 Å². The topological polar surface area (TPSA) is 68.0 Å². The molecule has 1 amide bonds. The van der Waals surface area contributed by atoms with Gasteiger partial charge in [-0.25, -0.2) is 4.98 Å². The maximum Gasteiger partial charge on any atom is 0.241 e. The number of nitrogens with zero attached hydrogens (tertiary/aromatic N) is 1. The third-order valence-corrected chi connectivity index (χ3v) is 3.40. The van der Waals surface area contributed by atoms with Crippen LogP contribution in [0.5, 0.6) is 0 Å². The van der Waals surface area contributed by atoms with E-state index in [1.807, 2.05) is 35.7 Å². The largest absolute Gasteiger partial charge is 0.354 e. The molecule has 1 aromatic heterocycles. The Morgan fingerprint density at radius 2 is 2.17 bits per heavy atom. The molecule has 1 aromatic carbocycles. The molecule has 0 saturated heterocycles. The number of carbonyl (C=O) groups excluding carboxylic acids is 1. The van der Waals surface area contributed by atoms with Crippen molar-refractivity contribution in [2.24, 2.45) is 5.73 Å². The molecular formula is C13H15N3OS. The summed E-state index contributed by atoms with van der Waals surface area (Å²) >= 11 is 1.59. The number of hydrogen-bond donors (Lipinski definition) is 2. The minimum absolute atomic E-state index is 0.155. The van der Waals surface area contributed by atoms with Crippen molar-refractivity contribution in [3.63, 3.8) is 0 Å². The van der Waals surface area contributed by atoms with E-state index in [1.54, 1.807) is 17.5 Å². The minimum atomic E-state index is -0.609. The van der Waals surface area contributed by atoms with E-state index >= 15 is 0 Å².